The molecule has 0 aliphatic carbocycles. The molecule has 0 saturated carbocycles. The first-order chi connectivity index (χ1) is 16.6. The molecule has 0 spiro atoms. The molecular weight excluding hydrogens is 485 g/mol. The second kappa shape index (κ2) is 12.1. The predicted molar refractivity (Wildman–Crippen MR) is 121 cm³/mol. The number of alkyl halides is 3. The highest BCUT2D eigenvalue weighted by Gasteiger charge is 2.42. The molecule has 0 bridgehead atoms. The maximum atomic E-state index is 12.8. The van der Waals surface area contributed by atoms with Crippen molar-refractivity contribution < 1.29 is 27.6 Å². The summed E-state index contributed by atoms with van der Waals surface area (Å²) >= 11 is 0.773. The van der Waals surface area contributed by atoms with Crippen LogP contribution in [0.3, 0.4) is 0 Å². The molecule has 9 nitrogen and oxygen atoms in total. The van der Waals surface area contributed by atoms with Crippen LogP contribution in [0.5, 0.6) is 0 Å². The van der Waals surface area contributed by atoms with Crippen molar-refractivity contribution in [3.63, 3.8) is 0 Å². The van der Waals surface area contributed by atoms with Gasteiger partial charge in [-0.3, -0.25) is 4.79 Å². The number of carbonyl (C=O) groups excluding carboxylic acids is 2. The summed E-state index contributed by atoms with van der Waals surface area (Å²) < 4.78 is 37.5. The Morgan fingerprint density at radius 1 is 1.23 bits per heavy atom. The third kappa shape index (κ3) is 6.62. The molecule has 1 amide bonds. The number of pyridine rings is 1. The van der Waals surface area contributed by atoms with Gasteiger partial charge in [0.2, 0.25) is 0 Å². The number of halogens is 3. The summed E-state index contributed by atoms with van der Waals surface area (Å²) in [6.45, 7) is 2.35. The maximum Gasteiger partial charge on any atom is 0.493 e. The third-order valence-electron chi connectivity index (χ3n) is 4.70. The van der Waals surface area contributed by atoms with Gasteiger partial charge in [0.25, 0.3) is 5.91 Å². The molecule has 1 atom stereocenters. The summed E-state index contributed by atoms with van der Waals surface area (Å²) in [4.78, 5) is 33.9. The minimum Gasteiger partial charge on any atom is -0.357 e. The van der Waals surface area contributed by atoms with Crippen LogP contribution in [0, 0.1) is 22.7 Å². The number of likely N-dealkylation sites (N-methyl/N-ethyl adjacent to an activating group) is 1. The summed E-state index contributed by atoms with van der Waals surface area (Å²) in [7, 11) is 1.66. The summed E-state index contributed by atoms with van der Waals surface area (Å²) in [5.41, 5.74) is 8.15. The van der Waals surface area contributed by atoms with Crippen molar-refractivity contribution in [2.45, 2.75) is 29.8 Å². The number of nitrogens with two attached hydrogens (primary N) is 1. The molecule has 0 radical (unpaired) electrons. The lowest BCUT2D eigenvalue weighted by Gasteiger charge is -2.23. The predicted octanol–water partition coefficient (Wildman–Crippen LogP) is 2.75. The van der Waals surface area contributed by atoms with Crippen molar-refractivity contribution in [2.24, 2.45) is 5.73 Å². The van der Waals surface area contributed by atoms with Gasteiger partial charge in [0, 0.05) is 20.1 Å². The Labute approximate surface area is 203 Å². The lowest BCUT2D eigenvalue weighted by atomic mass is 10.0. The number of hydrogen-bond donors (Lipinski definition) is 2. The van der Waals surface area contributed by atoms with E-state index in [4.69, 9.17) is 5.73 Å². The number of rotatable bonds is 8. The highest BCUT2D eigenvalue weighted by molar-refractivity contribution is 8.00. The highest BCUT2D eigenvalue weighted by atomic mass is 32.2. The van der Waals surface area contributed by atoms with Crippen molar-refractivity contribution in [2.75, 3.05) is 25.0 Å². The lowest BCUT2D eigenvalue weighted by Crippen LogP contribution is -2.36. The topological polar surface area (TPSA) is 145 Å². The number of hydrogen-bond acceptors (Lipinski definition) is 9. The monoisotopic (exact) mass is 506 g/mol. The van der Waals surface area contributed by atoms with Gasteiger partial charge >= 0.3 is 12.1 Å². The summed E-state index contributed by atoms with van der Waals surface area (Å²) in [5.74, 6) is -3.42. The van der Waals surface area contributed by atoms with Crippen LogP contribution in [0.4, 0.5) is 19.0 Å². The lowest BCUT2D eigenvalue weighted by molar-refractivity contribution is -0.207. The fourth-order valence-electron chi connectivity index (χ4n) is 3.06. The smallest absolute Gasteiger partial charge is 0.357 e. The van der Waals surface area contributed by atoms with Crippen LogP contribution in [-0.2, 0) is 20.8 Å². The van der Waals surface area contributed by atoms with E-state index in [1.165, 1.54) is 5.48 Å². The van der Waals surface area contributed by atoms with Crippen LogP contribution in [-0.4, -0.2) is 43.2 Å². The van der Waals surface area contributed by atoms with Crippen LogP contribution in [0.1, 0.15) is 34.4 Å². The number of thioether (sulfide) groups is 1. The normalized spacial score (nSPS) is 11.7. The van der Waals surface area contributed by atoms with Gasteiger partial charge < -0.3 is 15.5 Å². The first-order valence-corrected chi connectivity index (χ1v) is 11.0. The van der Waals surface area contributed by atoms with Gasteiger partial charge in [-0.25, -0.2) is 9.78 Å². The molecule has 0 saturated heterocycles. The van der Waals surface area contributed by atoms with Crippen molar-refractivity contribution >= 4 is 29.5 Å². The molecule has 0 fully saturated rings. The number of nitrogens with zero attached hydrogens (tertiary/aromatic N) is 4. The van der Waals surface area contributed by atoms with E-state index in [9.17, 15) is 33.3 Å². The molecule has 2 rings (SSSR count). The van der Waals surface area contributed by atoms with E-state index in [1.807, 2.05) is 6.07 Å². The molecule has 13 heteroatoms. The molecule has 1 unspecified atom stereocenters. The van der Waals surface area contributed by atoms with E-state index in [-0.39, 0.29) is 28.5 Å². The van der Waals surface area contributed by atoms with Crippen LogP contribution in [0.15, 0.2) is 35.4 Å². The second-order valence-electron chi connectivity index (χ2n) is 7.02. The van der Waals surface area contributed by atoms with Crippen LogP contribution in [0.2, 0.25) is 0 Å². The number of anilines is 1. The van der Waals surface area contributed by atoms with E-state index in [2.05, 4.69) is 15.9 Å². The van der Waals surface area contributed by atoms with Crippen molar-refractivity contribution in [1.29, 1.82) is 10.5 Å². The Bertz CT molecular complexity index is 1160. The van der Waals surface area contributed by atoms with Gasteiger partial charge in [-0.1, -0.05) is 49.0 Å². The number of amides is 1. The van der Waals surface area contributed by atoms with Crippen LogP contribution in [0.25, 0.3) is 0 Å². The number of benzene rings is 1. The molecule has 1 heterocycles. The molecular formula is C22H21F3N6O3S. The Kier molecular flexibility index (Phi) is 9.45. The van der Waals surface area contributed by atoms with Gasteiger partial charge in [-0.2, -0.15) is 29.2 Å². The second-order valence-corrected chi connectivity index (χ2v) is 8.11. The van der Waals surface area contributed by atoms with Gasteiger partial charge in [0.15, 0.2) is 0 Å². The number of nitrogens with one attached hydrogen (secondary N) is 1. The summed E-state index contributed by atoms with van der Waals surface area (Å²) in [6.07, 6.45) is -5.00. The third-order valence-corrected chi connectivity index (χ3v) is 5.94. The molecule has 0 aliphatic rings. The van der Waals surface area contributed by atoms with E-state index in [1.54, 1.807) is 49.2 Å². The van der Waals surface area contributed by atoms with Crippen molar-refractivity contribution in [3.8, 4) is 12.1 Å². The Morgan fingerprint density at radius 3 is 2.37 bits per heavy atom. The minimum atomic E-state index is -5.30. The number of carbonyl (C=O) groups is 2. The fraction of sp³-hybridized carbons (Fsp3) is 0.318. The van der Waals surface area contributed by atoms with Crippen LogP contribution >= 0.6 is 11.8 Å². The average Bonchev–Trinajstić information content (AvgIpc) is 2.84. The zero-order chi connectivity index (χ0) is 26.2. The molecule has 3 N–H and O–H groups in total. The summed E-state index contributed by atoms with van der Waals surface area (Å²) in [5, 5.41) is 18.4. The number of hydroxylamine groups is 1. The zero-order valence-corrected chi connectivity index (χ0v) is 19.5. The molecule has 35 heavy (non-hydrogen) atoms. The van der Waals surface area contributed by atoms with Gasteiger partial charge in [-0.05, 0) is 17.5 Å². The Balaban J connectivity index is 2.57. The van der Waals surface area contributed by atoms with Crippen molar-refractivity contribution in [1.82, 2.24) is 10.5 Å². The van der Waals surface area contributed by atoms with Crippen LogP contribution < -0.4 is 16.1 Å². The van der Waals surface area contributed by atoms with E-state index >= 15 is 0 Å². The molecule has 184 valence electrons. The maximum absolute atomic E-state index is 12.8. The average molecular weight is 507 g/mol. The van der Waals surface area contributed by atoms with Gasteiger partial charge in [-0.15, -0.1) is 0 Å². The van der Waals surface area contributed by atoms with E-state index < -0.39 is 23.3 Å². The molecule has 2 aromatic rings. The largest absolute Gasteiger partial charge is 0.493 e. The number of aromatic nitrogens is 1. The zero-order valence-electron chi connectivity index (χ0n) is 18.7. The van der Waals surface area contributed by atoms with Gasteiger partial charge in [0.1, 0.15) is 28.2 Å². The molecule has 1 aromatic heterocycles. The van der Waals surface area contributed by atoms with E-state index in [0.29, 0.717) is 24.1 Å². The Morgan fingerprint density at radius 2 is 1.86 bits per heavy atom. The fourth-order valence-corrected chi connectivity index (χ4v) is 4.16. The first kappa shape index (κ1) is 27.4. The van der Waals surface area contributed by atoms with Gasteiger partial charge in [0.05, 0.1) is 11.1 Å². The highest BCUT2D eigenvalue weighted by Crippen LogP contribution is 2.39. The van der Waals surface area contributed by atoms with Crippen molar-refractivity contribution in [3.05, 3.63) is 52.6 Å². The SMILES string of the molecule is CCc1c(C#N)c(SC(C(=O)NOC(=O)C(F)(F)F)c2ccccc2)nc(N(C)CCN)c1C#N. The first-order valence-electron chi connectivity index (χ1n) is 10.2. The standard InChI is InChI=1S/C22H21F3N6O3S/c1-3-14-15(11-27)18(31(2)10-9-26)29-20(16(14)12-28)35-17(13-7-5-4-6-8-13)19(32)30-34-21(33)22(23,24)25/h4-8,17H,3,9-10,26H2,1-2H3,(H,30,32). The van der Waals surface area contributed by atoms with E-state index in [0.717, 1.165) is 11.8 Å². The molecule has 0 aliphatic heterocycles. The quantitative estimate of drug-likeness (QED) is 0.408. The number of nitriles is 2. The molecule has 1 aromatic carbocycles. The Hall–Kier alpha value is -3.81. The minimum absolute atomic E-state index is 0.0555. The summed E-state index contributed by atoms with van der Waals surface area (Å²) in [6, 6.07) is 12.0.